The number of hydrogen-bond acceptors (Lipinski definition) is 6. The van der Waals surface area contributed by atoms with Crippen LogP contribution >= 0.6 is 0 Å². The van der Waals surface area contributed by atoms with Gasteiger partial charge >= 0.3 is 0 Å². The van der Waals surface area contributed by atoms with Crippen molar-refractivity contribution in [1.29, 1.82) is 0 Å². The van der Waals surface area contributed by atoms with Crippen LogP contribution in [0.1, 0.15) is 34.7 Å². The van der Waals surface area contributed by atoms with Gasteiger partial charge in [-0.3, -0.25) is 14.7 Å². The number of aliphatic hydroxyl groups excluding tert-OH is 1. The van der Waals surface area contributed by atoms with Crippen LogP contribution in [0.15, 0.2) is 59.4 Å². The van der Waals surface area contributed by atoms with Gasteiger partial charge < -0.3 is 14.5 Å². The minimum absolute atomic E-state index is 0.166. The molecule has 0 unspecified atom stereocenters. The Morgan fingerprint density at radius 3 is 2.55 bits per heavy atom. The molecule has 29 heavy (non-hydrogen) atoms. The van der Waals surface area contributed by atoms with Crippen molar-refractivity contribution in [3.8, 4) is 11.3 Å². The lowest BCUT2D eigenvalue weighted by atomic mass is 10.0. The molecule has 1 aliphatic rings. The predicted octanol–water partition coefficient (Wildman–Crippen LogP) is 2.75. The zero-order chi connectivity index (χ0) is 20.2. The smallest absolute Gasteiger partial charge is 0.259 e. The highest BCUT2D eigenvalue weighted by atomic mass is 16.5. The molecule has 7 heteroatoms. The quantitative estimate of drug-likeness (QED) is 0.719. The van der Waals surface area contributed by atoms with Gasteiger partial charge in [0, 0.05) is 50.7 Å². The number of hydrogen-bond donors (Lipinski definition) is 1. The first-order valence-corrected chi connectivity index (χ1v) is 9.77. The summed E-state index contributed by atoms with van der Waals surface area (Å²) in [5.41, 5.74) is 2.70. The van der Waals surface area contributed by atoms with Crippen LogP contribution in [-0.4, -0.2) is 57.1 Å². The summed E-state index contributed by atoms with van der Waals surface area (Å²) in [6.45, 7) is 5.25. The lowest BCUT2D eigenvalue weighted by Gasteiger charge is -2.34. The fourth-order valence-electron chi connectivity index (χ4n) is 3.60. The van der Waals surface area contributed by atoms with Crippen LogP contribution in [0.2, 0.25) is 0 Å². The van der Waals surface area contributed by atoms with Gasteiger partial charge in [0.25, 0.3) is 5.91 Å². The van der Waals surface area contributed by atoms with E-state index >= 15 is 0 Å². The Hall–Kier alpha value is -3.03. The molecule has 2 aromatic heterocycles. The number of aromatic nitrogens is 2. The molecule has 3 heterocycles. The average Bonchev–Trinajstić information content (AvgIpc) is 3.21. The van der Waals surface area contributed by atoms with Crippen molar-refractivity contribution in [2.45, 2.75) is 19.6 Å². The summed E-state index contributed by atoms with van der Waals surface area (Å²) in [7, 11) is 0. The molecule has 1 N–H and O–H groups in total. The Morgan fingerprint density at radius 2 is 1.90 bits per heavy atom. The van der Waals surface area contributed by atoms with Gasteiger partial charge in [0.15, 0.2) is 5.76 Å². The van der Waals surface area contributed by atoms with Crippen LogP contribution in [0, 0.1) is 0 Å². The third kappa shape index (κ3) is 4.21. The van der Waals surface area contributed by atoms with Crippen molar-refractivity contribution in [3.63, 3.8) is 0 Å². The van der Waals surface area contributed by atoms with E-state index in [1.807, 2.05) is 24.3 Å². The van der Waals surface area contributed by atoms with E-state index in [0.29, 0.717) is 29.9 Å². The standard InChI is InChI=1S/C22H24N4O3/c1-16(27)21-19(20(24-29-21)18-8-5-9-23-14-18)22(28)26-12-10-25(11-13-26)15-17-6-3-2-4-7-17/h2-9,14,16,27H,10-13,15H2,1H3/t16-/m0/s1. The van der Waals surface area contributed by atoms with E-state index in [1.165, 1.54) is 5.56 Å². The van der Waals surface area contributed by atoms with Crippen molar-refractivity contribution in [1.82, 2.24) is 19.9 Å². The maximum absolute atomic E-state index is 13.3. The molecule has 1 amide bonds. The average molecular weight is 392 g/mol. The molecule has 0 radical (unpaired) electrons. The summed E-state index contributed by atoms with van der Waals surface area (Å²) in [4.78, 5) is 21.6. The van der Waals surface area contributed by atoms with Gasteiger partial charge in [0.1, 0.15) is 17.4 Å². The fourth-order valence-corrected chi connectivity index (χ4v) is 3.60. The molecule has 1 fully saturated rings. The molecule has 0 bridgehead atoms. The summed E-state index contributed by atoms with van der Waals surface area (Å²) >= 11 is 0. The number of nitrogens with zero attached hydrogens (tertiary/aromatic N) is 4. The molecular formula is C22H24N4O3. The first-order valence-electron chi connectivity index (χ1n) is 9.77. The molecule has 1 aliphatic heterocycles. The minimum Gasteiger partial charge on any atom is -0.385 e. The van der Waals surface area contributed by atoms with E-state index < -0.39 is 6.10 Å². The van der Waals surface area contributed by atoms with Crippen LogP contribution in [-0.2, 0) is 6.54 Å². The molecule has 4 rings (SSSR count). The molecule has 1 aromatic carbocycles. The Balaban J connectivity index is 1.51. The number of rotatable bonds is 5. The van der Waals surface area contributed by atoms with Gasteiger partial charge in [0.05, 0.1) is 0 Å². The largest absolute Gasteiger partial charge is 0.385 e. The molecule has 150 valence electrons. The van der Waals surface area contributed by atoms with Crippen molar-refractivity contribution < 1.29 is 14.4 Å². The Bertz CT molecular complexity index is 949. The van der Waals surface area contributed by atoms with E-state index in [9.17, 15) is 9.90 Å². The first-order chi connectivity index (χ1) is 14.1. The Morgan fingerprint density at radius 1 is 1.14 bits per heavy atom. The van der Waals surface area contributed by atoms with E-state index in [2.05, 4.69) is 27.2 Å². The third-order valence-corrected chi connectivity index (χ3v) is 5.16. The lowest BCUT2D eigenvalue weighted by Crippen LogP contribution is -2.48. The van der Waals surface area contributed by atoms with Crippen LogP contribution in [0.3, 0.4) is 0 Å². The van der Waals surface area contributed by atoms with Crippen LogP contribution in [0.4, 0.5) is 0 Å². The highest BCUT2D eigenvalue weighted by Crippen LogP contribution is 2.30. The summed E-state index contributed by atoms with van der Waals surface area (Å²) in [6, 6.07) is 13.9. The fraction of sp³-hybridized carbons (Fsp3) is 0.318. The Labute approximate surface area is 169 Å². The summed E-state index contributed by atoms with van der Waals surface area (Å²) in [5.74, 6) is 0.0286. The number of carbonyl (C=O) groups excluding carboxylic acids is 1. The normalized spacial score (nSPS) is 16.0. The topological polar surface area (TPSA) is 82.7 Å². The van der Waals surface area contributed by atoms with E-state index in [1.54, 1.807) is 30.3 Å². The second kappa shape index (κ2) is 8.55. The van der Waals surface area contributed by atoms with Crippen LogP contribution < -0.4 is 0 Å². The number of pyridine rings is 1. The van der Waals surface area contributed by atoms with E-state index in [0.717, 1.165) is 19.6 Å². The SMILES string of the molecule is C[C@H](O)c1onc(-c2cccnc2)c1C(=O)N1CCN(Cc2ccccc2)CC1. The molecular weight excluding hydrogens is 368 g/mol. The van der Waals surface area contributed by atoms with Crippen LogP contribution in [0.5, 0.6) is 0 Å². The summed E-state index contributed by atoms with van der Waals surface area (Å²) < 4.78 is 5.34. The zero-order valence-electron chi connectivity index (χ0n) is 16.4. The van der Waals surface area contributed by atoms with Crippen molar-refractivity contribution in [2.75, 3.05) is 26.2 Å². The second-order valence-electron chi connectivity index (χ2n) is 7.24. The van der Waals surface area contributed by atoms with E-state index in [-0.39, 0.29) is 11.7 Å². The van der Waals surface area contributed by atoms with Gasteiger partial charge in [-0.15, -0.1) is 0 Å². The highest BCUT2D eigenvalue weighted by molar-refractivity contribution is 6.01. The molecule has 1 saturated heterocycles. The molecule has 7 nitrogen and oxygen atoms in total. The van der Waals surface area contributed by atoms with E-state index in [4.69, 9.17) is 4.52 Å². The zero-order valence-corrected chi connectivity index (χ0v) is 16.4. The van der Waals surface area contributed by atoms with Crippen molar-refractivity contribution in [3.05, 3.63) is 71.7 Å². The van der Waals surface area contributed by atoms with Gasteiger partial charge in [-0.05, 0) is 24.6 Å². The predicted molar refractivity (Wildman–Crippen MR) is 108 cm³/mol. The number of aliphatic hydroxyl groups is 1. The second-order valence-corrected chi connectivity index (χ2v) is 7.24. The van der Waals surface area contributed by atoms with Crippen molar-refractivity contribution in [2.24, 2.45) is 0 Å². The third-order valence-electron chi connectivity index (χ3n) is 5.16. The monoisotopic (exact) mass is 392 g/mol. The summed E-state index contributed by atoms with van der Waals surface area (Å²) in [5, 5.41) is 14.2. The number of benzene rings is 1. The first kappa shape index (κ1) is 19.3. The highest BCUT2D eigenvalue weighted by Gasteiger charge is 2.31. The molecule has 0 spiro atoms. The maximum atomic E-state index is 13.3. The van der Waals surface area contributed by atoms with Gasteiger partial charge in [-0.2, -0.15) is 0 Å². The summed E-state index contributed by atoms with van der Waals surface area (Å²) in [6.07, 6.45) is 2.37. The van der Waals surface area contributed by atoms with Gasteiger partial charge in [0.2, 0.25) is 0 Å². The molecule has 0 aliphatic carbocycles. The number of carbonyl (C=O) groups is 1. The Kier molecular flexibility index (Phi) is 5.69. The van der Waals surface area contributed by atoms with Crippen molar-refractivity contribution >= 4 is 5.91 Å². The van der Waals surface area contributed by atoms with Gasteiger partial charge in [-0.1, -0.05) is 35.5 Å². The van der Waals surface area contributed by atoms with Gasteiger partial charge in [-0.25, -0.2) is 0 Å². The molecule has 1 atom stereocenters. The number of amides is 1. The molecule has 0 saturated carbocycles. The molecule has 3 aromatic rings. The number of piperazine rings is 1. The minimum atomic E-state index is -0.925. The maximum Gasteiger partial charge on any atom is 0.259 e. The lowest BCUT2D eigenvalue weighted by molar-refractivity contribution is 0.0619. The van der Waals surface area contributed by atoms with Crippen LogP contribution in [0.25, 0.3) is 11.3 Å².